The summed E-state index contributed by atoms with van der Waals surface area (Å²) in [6, 6.07) is 0. The third-order valence-electron chi connectivity index (χ3n) is 8.91. The molecule has 0 aliphatic heterocycles. The van der Waals surface area contributed by atoms with Crippen molar-refractivity contribution in [1.82, 2.24) is 0 Å². The van der Waals surface area contributed by atoms with E-state index in [2.05, 4.69) is 26.0 Å². The average Bonchev–Trinajstić information content (AvgIpc) is 3.02. The van der Waals surface area contributed by atoms with Gasteiger partial charge in [-0.1, -0.05) is 154 Å². The van der Waals surface area contributed by atoms with Crippen molar-refractivity contribution in [1.29, 1.82) is 0 Å². The van der Waals surface area contributed by atoms with Crippen LogP contribution in [0.15, 0.2) is 12.2 Å². The minimum atomic E-state index is -5.33. The molecule has 0 saturated carbocycles. The molecule has 0 rings (SSSR count). The molecule has 46 heavy (non-hydrogen) atoms. The number of phosphoric ester groups is 1. The van der Waals surface area contributed by atoms with Gasteiger partial charge in [0.05, 0.1) is 6.61 Å². The Hall–Kier alpha value is -0.890. The zero-order valence-corrected chi connectivity index (χ0v) is 30.5. The van der Waals surface area contributed by atoms with E-state index < -0.39 is 37.7 Å². The summed E-state index contributed by atoms with van der Waals surface area (Å²) in [7, 11) is -5.33. The highest BCUT2D eigenvalue weighted by Crippen LogP contribution is 2.44. The molecule has 9 heteroatoms. The Morgan fingerprint density at radius 1 is 0.587 bits per heavy atom. The lowest BCUT2D eigenvalue weighted by Crippen LogP contribution is -2.58. The van der Waals surface area contributed by atoms with Crippen molar-refractivity contribution in [2.75, 3.05) is 6.61 Å². The number of carbonyl (C=O) groups is 2. The number of rotatable bonds is 35. The zero-order valence-electron chi connectivity index (χ0n) is 29.6. The molecular formula is C37H71O8P. The van der Waals surface area contributed by atoms with E-state index in [4.69, 9.17) is 4.52 Å². The van der Waals surface area contributed by atoms with Crippen molar-refractivity contribution in [2.24, 2.45) is 0 Å². The van der Waals surface area contributed by atoms with Crippen LogP contribution in [0, 0.1) is 0 Å². The molecule has 0 fully saturated rings. The van der Waals surface area contributed by atoms with Gasteiger partial charge in [-0.3, -0.25) is 14.1 Å². The highest BCUT2D eigenvalue weighted by molar-refractivity contribution is 7.46. The van der Waals surface area contributed by atoms with Gasteiger partial charge in [0, 0.05) is 12.8 Å². The van der Waals surface area contributed by atoms with Crippen LogP contribution in [0.25, 0.3) is 0 Å². The Morgan fingerprint density at radius 2 is 0.891 bits per heavy atom. The van der Waals surface area contributed by atoms with Crippen LogP contribution in [-0.4, -0.2) is 49.9 Å². The summed E-state index contributed by atoms with van der Waals surface area (Å²) in [5.41, 5.74) is -2.76. The van der Waals surface area contributed by atoms with E-state index in [-0.39, 0.29) is 12.8 Å². The Labute approximate surface area is 281 Å². The van der Waals surface area contributed by atoms with Crippen LogP contribution in [-0.2, 0) is 18.7 Å². The lowest BCUT2D eigenvalue weighted by Gasteiger charge is -2.34. The van der Waals surface area contributed by atoms with E-state index in [1.165, 1.54) is 89.9 Å². The first-order chi connectivity index (χ1) is 22.2. The number of ketones is 2. The molecule has 0 amide bonds. The fourth-order valence-corrected chi connectivity index (χ4v) is 6.74. The minimum Gasteiger partial charge on any atom is -0.394 e. The maximum atomic E-state index is 13.3. The number of aliphatic hydroxyl groups excluding tert-OH is 2. The van der Waals surface area contributed by atoms with Crippen LogP contribution in [0.2, 0.25) is 0 Å². The number of phosphoric acid groups is 1. The third kappa shape index (κ3) is 23.4. The van der Waals surface area contributed by atoms with Gasteiger partial charge in [0.2, 0.25) is 5.60 Å². The number of hydrogen-bond donors (Lipinski definition) is 4. The molecule has 4 N–H and O–H groups in total. The number of unbranched alkanes of at least 4 members (excludes halogenated alkanes) is 23. The van der Waals surface area contributed by atoms with Gasteiger partial charge in [0.15, 0.2) is 11.6 Å². The topological polar surface area (TPSA) is 141 Å². The molecule has 0 aromatic carbocycles. The Balaban J connectivity index is 4.53. The SMILES string of the molecule is CCCCCCCC/C=C\CCCCCCCC(=O)C(OP(=O)(O)O)(C(=O)CCCCCCCCCCCCCCC)C(O)CO. The summed E-state index contributed by atoms with van der Waals surface area (Å²) >= 11 is 0. The van der Waals surface area contributed by atoms with Crippen molar-refractivity contribution in [3.63, 3.8) is 0 Å². The standard InChI is InChI=1S/C37H71O8P/c1-3-5-7-9-11-13-15-17-18-20-22-24-26-28-30-32-35(40)37(36(41)33-38,45-46(42,43)44)34(39)31-29-27-25-23-21-19-16-14-12-10-8-6-4-2/h17-18,36,38,41H,3-16,19-33H2,1-2H3,(H2,42,43,44)/b18-17-. The zero-order chi connectivity index (χ0) is 34.4. The maximum absolute atomic E-state index is 13.3. The second-order valence-corrected chi connectivity index (χ2v) is 14.4. The van der Waals surface area contributed by atoms with E-state index in [9.17, 15) is 34.2 Å². The summed E-state index contributed by atoms with van der Waals surface area (Å²) in [6.45, 7) is 3.43. The molecule has 0 radical (unpaired) electrons. The summed E-state index contributed by atoms with van der Waals surface area (Å²) in [6.07, 6.45) is 30.6. The summed E-state index contributed by atoms with van der Waals surface area (Å²) in [5.74, 6) is -1.76. The molecule has 2 atom stereocenters. The molecule has 0 aliphatic carbocycles. The quantitative estimate of drug-likeness (QED) is 0.0225. The average molecular weight is 675 g/mol. The van der Waals surface area contributed by atoms with E-state index in [0.717, 1.165) is 57.8 Å². The normalized spacial score (nSPS) is 14.1. The first-order valence-corrected chi connectivity index (χ1v) is 20.5. The smallest absolute Gasteiger partial charge is 0.394 e. The molecule has 0 saturated heterocycles. The van der Waals surface area contributed by atoms with Crippen LogP contribution in [0.5, 0.6) is 0 Å². The molecule has 2 unspecified atom stereocenters. The Morgan fingerprint density at radius 3 is 1.20 bits per heavy atom. The van der Waals surface area contributed by atoms with Crippen LogP contribution in [0.1, 0.15) is 194 Å². The van der Waals surface area contributed by atoms with E-state index in [1.807, 2.05) is 0 Å². The summed E-state index contributed by atoms with van der Waals surface area (Å²) < 4.78 is 16.6. The largest absolute Gasteiger partial charge is 0.471 e. The predicted molar refractivity (Wildman–Crippen MR) is 189 cm³/mol. The van der Waals surface area contributed by atoms with Crippen molar-refractivity contribution in [3.8, 4) is 0 Å². The van der Waals surface area contributed by atoms with Gasteiger partial charge in [-0.05, 0) is 38.5 Å². The predicted octanol–water partition coefficient (Wildman–Crippen LogP) is 9.84. The van der Waals surface area contributed by atoms with Gasteiger partial charge in [0.1, 0.15) is 6.10 Å². The number of hydrogen-bond acceptors (Lipinski definition) is 6. The highest BCUT2D eigenvalue weighted by atomic mass is 31.2. The lowest BCUT2D eigenvalue weighted by atomic mass is 9.82. The summed E-state index contributed by atoms with van der Waals surface area (Å²) in [4.78, 5) is 45.7. The van der Waals surface area contributed by atoms with Crippen LogP contribution in [0.3, 0.4) is 0 Å². The number of Topliss-reactive ketones (excluding diaryl/α,β-unsaturated/α-hetero) is 2. The van der Waals surface area contributed by atoms with Crippen molar-refractivity contribution in [2.45, 2.75) is 205 Å². The number of carbonyl (C=O) groups excluding carboxylic acids is 2. The lowest BCUT2D eigenvalue weighted by molar-refractivity contribution is -0.164. The third-order valence-corrected chi connectivity index (χ3v) is 9.43. The van der Waals surface area contributed by atoms with Gasteiger partial charge < -0.3 is 20.0 Å². The van der Waals surface area contributed by atoms with E-state index in [1.54, 1.807) is 0 Å². The number of aliphatic hydroxyl groups is 2. The molecule has 0 bridgehead atoms. The second kappa shape index (κ2) is 30.2. The fraction of sp³-hybridized carbons (Fsp3) is 0.892. The molecule has 8 nitrogen and oxygen atoms in total. The molecular weight excluding hydrogens is 603 g/mol. The molecule has 0 aromatic rings. The second-order valence-electron chi connectivity index (χ2n) is 13.2. The van der Waals surface area contributed by atoms with Gasteiger partial charge in [-0.15, -0.1) is 0 Å². The van der Waals surface area contributed by atoms with Gasteiger partial charge >= 0.3 is 7.82 Å². The minimum absolute atomic E-state index is 0.160. The van der Waals surface area contributed by atoms with Crippen LogP contribution in [0.4, 0.5) is 0 Å². The molecule has 0 aromatic heterocycles. The van der Waals surface area contributed by atoms with E-state index >= 15 is 0 Å². The van der Waals surface area contributed by atoms with Crippen LogP contribution < -0.4 is 0 Å². The van der Waals surface area contributed by atoms with E-state index in [0.29, 0.717) is 19.3 Å². The van der Waals surface area contributed by atoms with Crippen molar-refractivity contribution in [3.05, 3.63) is 12.2 Å². The molecule has 0 heterocycles. The first-order valence-electron chi connectivity index (χ1n) is 18.9. The molecule has 0 spiro atoms. The Bertz CT molecular complexity index is 811. The highest BCUT2D eigenvalue weighted by Gasteiger charge is 2.55. The van der Waals surface area contributed by atoms with Crippen molar-refractivity contribution < 1.29 is 38.7 Å². The molecule has 0 aliphatic rings. The maximum Gasteiger partial charge on any atom is 0.471 e. The van der Waals surface area contributed by atoms with Gasteiger partial charge in [0.25, 0.3) is 0 Å². The summed E-state index contributed by atoms with van der Waals surface area (Å²) in [5, 5.41) is 20.2. The Kier molecular flexibility index (Phi) is 29.6. The first kappa shape index (κ1) is 45.1. The molecule has 272 valence electrons. The van der Waals surface area contributed by atoms with Gasteiger partial charge in [-0.2, -0.15) is 0 Å². The van der Waals surface area contributed by atoms with Crippen molar-refractivity contribution >= 4 is 19.4 Å². The van der Waals surface area contributed by atoms with Crippen LogP contribution >= 0.6 is 7.82 Å². The monoisotopic (exact) mass is 674 g/mol. The fourth-order valence-electron chi connectivity index (χ4n) is 6.04. The number of allylic oxidation sites excluding steroid dienone is 2. The van der Waals surface area contributed by atoms with Gasteiger partial charge in [-0.25, -0.2) is 4.57 Å².